The van der Waals surface area contributed by atoms with Gasteiger partial charge >= 0.3 is 12.1 Å². The van der Waals surface area contributed by atoms with E-state index in [1.807, 2.05) is 0 Å². The van der Waals surface area contributed by atoms with Gasteiger partial charge in [0.2, 0.25) is 0 Å². The summed E-state index contributed by atoms with van der Waals surface area (Å²) < 4.78 is 36.4. The van der Waals surface area contributed by atoms with Crippen molar-refractivity contribution >= 4 is 5.91 Å². The van der Waals surface area contributed by atoms with Crippen molar-refractivity contribution in [2.45, 2.75) is 18.6 Å². The van der Waals surface area contributed by atoms with Gasteiger partial charge in [0.15, 0.2) is 0 Å². The molecule has 2 fully saturated rings. The van der Waals surface area contributed by atoms with Crippen LogP contribution in [0, 0.1) is 0 Å². The first kappa shape index (κ1) is 12.6. The van der Waals surface area contributed by atoms with Crippen LogP contribution in [0.2, 0.25) is 0 Å². The molecule has 0 radical (unpaired) electrons. The smallest absolute Gasteiger partial charge is 0.332 e. The standard InChI is InChI=1S/C10H16F3N3O/c11-10(12,13)9(17)16-6-8(7-16)15-4-1-2-14-3-5-15/h8,14H,1-7H2. The van der Waals surface area contributed by atoms with Gasteiger partial charge in [-0.25, -0.2) is 0 Å². The Bertz CT molecular complexity index is 281. The molecule has 0 aromatic carbocycles. The zero-order valence-electron chi connectivity index (χ0n) is 9.46. The molecule has 0 saturated carbocycles. The monoisotopic (exact) mass is 251 g/mol. The SMILES string of the molecule is O=C(N1CC(N2CCCNCC2)C1)C(F)(F)F. The predicted molar refractivity (Wildman–Crippen MR) is 55.5 cm³/mol. The molecule has 0 unspecified atom stereocenters. The molecule has 0 atom stereocenters. The number of amides is 1. The Morgan fingerprint density at radius 2 is 1.88 bits per heavy atom. The van der Waals surface area contributed by atoms with Gasteiger partial charge in [0, 0.05) is 32.2 Å². The van der Waals surface area contributed by atoms with Crippen LogP contribution in [-0.2, 0) is 4.79 Å². The van der Waals surface area contributed by atoms with Crippen LogP contribution in [0.3, 0.4) is 0 Å². The topological polar surface area (TPSA) is 35.6 Å². The highest BCUT2D eigenvalue weighted by molar-refractivity contribution is 5.82. The average molecular weight is 251 g/mol. The predicted octanol–water partition coefficient (Wildman–Crippen LogP) is 0.0548. The number of hydrogen-bond acceptors (Lipinski definition) is 3. The number of carbonyl (C=O) groups excluding carboxylic acids is 1. The summed E-state index contributed by atoms with van der Waals surface area (Å²) in [5, 5.41) is 3.24. The Balaban J connectivity index is 1.80. The third-order valence-corrected chi connectivity index (χ3v) is 3.28. The Hall–Kier alpha value is -0.820. The van der Waals surface area contributed by atoms with Crippen LogP contribution >= 0.6 is 0 Å². The molecule has 2 heterocycles. The molecule has 7 heteroatoms. The fraction of sp³-hybridized carbons (Fsp3) is 0.900. The van der Waals surface area contributed by atoms with E-state index in [0.717, 1.165) is 37.5 Å². The van der Waals surface area contributed by atoms with Crippen molar-refractivity contribution in [3.05, 3.63) is 0 Å². The van der Waals surface area contributed by atoms with Crippen molar-refractivity contribution in [1.29, 1.82) is 0 Å². The molecule has 17 heavy (non-hydrogen) atoms. The summed E-state index contributed by atoms with van der Waals surface area (Å²) in [6.07, 6.45) is -3.73. The van der Waals surface area contributed by atoms with Gasteiger partial charge in [-0.2, -0.15) is 13.2 Å². The van der Waals surface area contributed by atoms with E-state index in [0.29, 0.717) is 0 Å². The molecule has 1 N–H and O–H groups in total. The molecular formula is C10H16F3N3O. The van der Waals surface area contributed by atoms with E-state index in [9.17, 15) is 18.0 Å². The van der Waals surface area contributed by atoms with Gasteiger partial charge in [-0.1, -0.05) is 0 Å². The Morgan fingerprint density at radius 1 is 1.18 bits per heavy atom. The van der Waals surface area contributed by atoms with Crippen molar-refractivity contribution in [3.63, 3.8) is 0 Å². The number of carbonyl (C=O) groups is 1. The summed E-state index contributed by atoms with van der Waals surface area (Å²) in [5.41, 5.74) is 0. The highest BCUT2D eigenvalue weighted by atomic mass is 19.4. The second-order valence-electron chi connectivity index (χ2n) is 4.50. The molecule has 4 nitrogen and oxygen atoms in total. The minimum absolute atomic E-state index is 0.0983. The van der Waals surface area contributed by atoms with Crippen LogP contribution in [0.25, 0.3) is 0 Å². The first-order valence-corrected chi connectivity index (χ1v) is 5.79. The lowest BCUT2D eigenvalue weighted by Gasteiger charge is -2.45. The molecule has 0 aliphatic carbocycles. The van der Waals surface area contributed by atoms with Gasteiger partial charge in [0.05, 0.1) is 0 Å². The maximum atomic E-state index is 12.1. The molecule has 2 aliphatic heterocycles. The Kier molecular flexibility index (Phi) is 3.58. The zero-order valence-corrected chi connectivity index (χ0v) is 9.46. The maximum Gasteiger partial charge on any atom is 0.471 e. The van der Waals surface area contributed by atoms with E-state index in [4.69, 9.17) is 0 Å². The van der Waals surface area contributed by atoms with Crippen molar-refractivity contribution in [3.8, 4) is 0 Å². The van der Waals surface area contributed by atoms with Gasteiger partial charge in [0.1, 0.15) is 0 Å². The highest BCUT2D eigenvalue weighted by Crippen LogP contribution is 2.24. The van der Waals surface area contributed by atoms with Crippen molar-refractivity contribution in [2.24, 2.45) is 0 Å². The zero-order chi connectivity index (χ0) is 12.5. The van der Waals surface area contributed by atoms with Crippen LogP contribution in [0.1, 0.15) is 6.42 Å². The molecule has 2 aliphatic rings. The first-order valence-electron chi connectivity index (χ1n) is 5.79. The first-order chi connectivity index (χ1) is 7.98. The normalized spacial score (nSPS) is 24.3. The van der Waals surface area contributed by atoms with E-state index in [1.165, 1.54) is 0 Å². The fourth-order valence-electron chi connectivity index (χ4n) is 2.26. The summed E-state index contributed by atoms with van der Waals surface area (Å²) in [7, 11) is 0. The van der Waals surface area contributed by atoms with Crippen LogP contribution < -0.4 is 5.32 Å². The fourth-order valence-corrected chi connectivity index (χ4v) is 2.26. The van der Waals surface area contributed by atoms with E-state index >= 15 is 0 Å². The Morgan fingerprint density at radius 3 is 2.53 bits per heavy atom. The minimum atomic E-state index is -4.73. The highest BCUT2D eigenvalue weighted by Gasteiger charge is 2.47. The third kappa shape index (κ3) is 2.90. The lowest BCUT2D eigenvalue weighted by molar-refractivity contribution is -0.192. The number of hydrogen-bond donors (Lipinski definition) is 1. The van der Waals surface area contributed by atoms with E-state index in [-0.39, 0.29) is 19.1 Å². The summed E-state index contributed by atoms with van der Waals surface area (Å²) in [4.78, 5) is 14.0. The molecule has 98 valence electrons. The van der Waals surface area contributed by atoms with E-state index in [2.05, 4.69) is 10.2 Å². The maximum absolute atomic E-state index is 12.1. The van der Waals surface area contributed by atoms with Crippen LogP contribution in [0.4, 0.5) is 13.2 Å². The lowest BCUT2D eigenvalue weighted by atomic mass is 10.1. The molecule has 1 amide bonds. The van der Waals surface area contributed by atoms with Gasteiger partial charge in [-0.05, 0) is 19.5 Å². The van der Waals surface area contributed by atoms with Crippen molar-refractivity contribution < 1.29 is 18.0 Å². The molecule has 2 saturated heterocycles. The number of alkyl halides is 3. The summed E-state index contributed by atoms with van der Waals surface area (Å²) >= 11 is 0. The largest absolute Gasteiger partial charge is 0.471 e. The van der Waals surface area contributed by atoms with Crippen molar-refractivity contribution in [2.75, 3.05) is 39.3 Å². The number of likely N-dealkylation sites (tertiary alicyclic amines) is 1. The number of halogens is 3. The van der Waals surface area contributed by atoms with Gasteiger partial charge in [-0.15, -0.1) is 0 Å². The van der Waals surface area contributed by atoms with Gasteiger partial charge in [0.25, 0.3) is 0 Å². The summed E-state index contributed by atoms with van der Waals surface area (Å²) in [5.74, 6) is -1.71. The summed E-state index contributed by atoms with van der Waals surface area (Å²) in [6.45, 7) is 3.97. The van der Waals surface area contributed by atoms with E-state index in [1.54, 1.807) is 0 Å². The third-order valence-electron chi connectivity index (χ3n) is 3.28. The minimum Gasteiger partial charge on any atom is -0.332 e. The summed E-state index contributed by atoms with van der Waals surface area (Å²) in [6, 6.07) is 0.0983. The van der Waals surface area contributed by atoms with Crippen molar-refractivity contribution in [1.82, 2.24) is 15.1 Å². The van der Waals surface area contributed by atoms with Crippen LogP contribution in [0.5, 0.6) is 0 Å². The number of nitrogens with one attached hydrogen (secondary N) is 1. The molecule has 0 aromatic rings. The molecule has 0 bridgehead atoms. The number of nitrogens with zero attached hydrogens (tertiary/aromatic N) is 2. The van der Waals surface area contributed by atoms with Crippen LogP contribution in [0.15, 0.2) is 0 Å². The molecule has 0 aromatic heterocycles. The average Bonchev–Trinajstić information content (AvgIpc) is 2.42. The van der Waals surface area contributed by atoms with Gasteiger partial charge < -0.3 is 10.2 Å². The molecule has 2 rings (SSSR count). The molecule has 0 spiro atoms. The molecular weight excluding hydrogens is 235 g/mol. The number of rotatable bonds is 1. The van der Waals surface area contributed by atoms with E-state index < -0.39 is 12.1 Å². The lowest BCUT2D eigenvalue weighted by Crippen LogP contribution is -2.63. The van der Waals surface area contributed by atoms with Gasteiger partial charge in [-0.3, -0.25) is 9.69 Å². The second-order valence-corrected chi connectivity index (χ2v) is 4.50. The second kappa shape index (κ2) is 4.81. The Labute approximate surface area is 97.7 Å². The quantitative estimate of drug-likeness (QED) is 0.715. The van der Waals surface area contributed by atoms with Crippen LogP contribution in [-0.4, -0.2) is 67.2 Å².